The van der Waals surface area contributed by atoms with Gasteiger partial charge in [-0.15, -0.1) is 0 Å². The van der Waals surface area contributed by atoms with E-state index in [4.69, 9.17) is 5.73 Å². The van der Waals surface area contributed by atoms with E-state index in [1.165, 1.54) is 42.0 Å². The van der Waals surface area contributed by atoms with Crippen molar-refractivity contribution in [1.82, 2.24) is 0 Å². The second kappa shape index (κ2) is 4.40. The molecule has 94 valence electrons. The smallest absolute Gasteiger partial charge is 0.0108 e. The number of rotatable bonds is 2. The van der Waals surface area contributed by atoms with Crippen LogP contribution in [0.25, 0.3) is 10.8 Å². The lowest BCUT2D eigenvalue weighted by molar-refractivity contribution is 0.371. The van der Waals surface area contributed by atoms with Crippen molar-refractivity contribution in [2.45, 2.75) is 44.1 Å². The number of hydrogen-bond donors (Lipinski definition) is 1. The van der Waals surface area contributed by atoms with Gasteiger partial charge in [-0.25, -0.2) is 0 Å². The lowest BCUT2D eigenvalue weighted by Gasteiger charge is -2.35. The Morgan fingerprint density at radius 1 is 1.00 bits per heavy atom. The zero-order valence-corrected chi connectivity index (χ0v) is 11.0. The fraction of sp³-hybridized carbons (Fsp3) is 0.412. The highest BCUT2D eigenvalue weighted by atomic mass is 14.7. The summed E-state index contributed by atoms with van der Waals surface area (Å²) in [4.78, 5) is 0. The van der Waals surface area contributed by atoms with Crippen LogP contribution >= 0.6 is 0 Å². The molecule has 0 bridgehead atoms. The molecule has 0 spiro atoms. The predicted octanol–water partition coefficient (Wildman–Crippen LogP) is 4.00. The van der Waals surface area contributed by atoms with E-state index in [1.54, 1.807) is 0 Å². The summed E-state index contributed by atoms with van der Waals surface area (Å²) in [7, 11) is 0. The van der Waals surface area contributed by atoms with E-state index in [-0.39, 0.29) is 11.5 Å². The Labute approximate surface area is 109 Å². The van der Waals surface area contributed by atoms with Crippen molar-refractivity contribution in [3.05, 3.63) is 48.0 Å². The van der Waals surface area contributed by atoms with E-state index in [9.17, 15) is 0 Å². The highest BCUT2D eigenvalue weighted by Gasteiger charge is 2.39. The minimum Gasteiger partial charge on any atom is -0.327 e. The van der Waals surface area contributed by atoms with Crippen LogP contribution in [0.3, 0.4) is 0 Å². The van der Waals surface area contributed by atoms with Gasteiger partial charge in [0.1, 0.15) is 0 Å². The van der Waals surface area contributed by atoms with Crippen LogP contribution in [0.5, 0.6) is 0 Å². The summed E-state index contributed by atoms with van der Waals surface area (Å²) < 4.78 is 0. The normalized spacial score (nSPS) is 20.1. The molecule has 0 saturated heterocycles. The zero-order valence-electron chi connectivity index (χ0n) is 11.0. The van der Waals surface area contributed by atoms with Crippen LogP contribution in [0, 0.1) is 0 Å². The highest BCUT2D eigenvalue weighted by molar-refractivity contribution is 5.86. The Morgan fingerprint density at radius 3 is 2.39 bits per heavy atom. The summed E-state index contributed by atoms with van der Waals surface area (Å²) in [6, 6.07) is 15.6. The number of benzene rings is 2. The van der Waals surface area contributed by atoms with Gasteiger partial charge >= 0.3 is 0 Å². The van der Waals surface area contributed by atoms with Crippen molar-refractivity contribution in [2.24, 2.45) is 5.73 Å². The van der Waals surface area contributed by atoms with E-state index in [0.717, 1.165) is 0 Å². The van der Waals surface area contributed by atoms with Gasteiger partial charge in [0.05, 0.1) is 0 Å². The van der Waals surface area contributed by atoms with E-state index in [0.29, 0.717) is 0 Å². The Balaban J connectivity index is 2.24. The number of hydrogen-bond acceptors (Lipinski definition) is 1. The van der Waals surface area contributed by atoms with Crippen LogP contribution in [0.4, 0.5) is 0 Å². The van der Waals surface area contributed by atoms with Crippen LogP contribution in [0.15, 0.2) is 42.5 Å². The van der Waals surface area contributed by atoms with Gasteiger partial charge in [-0.1, -0.05) is 55.3 Å². The first kappa shape index (κ1) is 11.7. The van der Waals surface area contributed by atoms with Crippen LogP contribution in [-0.4, -0.2) is 6.04 Å². The van der Waals surface area contributed by atoms with Crippen LogP contribution in [0.1, 0.15) is 38.2 Å². The maximum Gasteiger partial charge on any atom is 0.0108 e. The average Bonchev–Trinajstić information content (AvgIpc) is 2.88. The summed E-state index contributed by atoms with van der Waals surface area (Å²) in [5, 5.41) is 2.72. The molecule has 18 heavy (non-hydrogen) atoms. The summed E-state index contributed by atoms with van der Waals surface area (Å²) >= 11 is 0. The lowest BCUT2D eigenvalue weighted by atomic mass is 9.72. The molecular formula is C17H21N. The second-order valence-electron chi connectivity index (χ2n) is 5.68. The molecule has 0 aromatic heterocycles. The van der Waals surface area contributed by atoms with Gasteiger partial charge in [0.25, 0.3) is 0 Å². The van der Waals surface area contributed by atoms with Crippen LogP contribution < -0.4 is 5.73 Å². The number of fused-ring (bicyclic) bond motifs is 1. The predicted molar refractivity (Wildman–Crippen MR) is 77.7 cm³/mol. The topological polar surface area (TPSA) is 26.0 Å². The molecule has 1 nitrogen and oxygen atoms in total. The van der Waals surface area contributed by atoms with Gasteiger partial charge in [-0.2, -0.15) is 0 Å². The molecule has 1 aliphatic carbocycles. The second-order valence-corrected chi connectivity index (χ2v) is 5.68. The molecule has 1 unspecified atom stereocenters. The molecule has 1 atom stereocenters. The van der Waals surface area contributed by atoms with E-state index < -0.39 is 0 Å². The van der Waals surface area contributed by atoms with E-state index in [1.807, 2.05) is 0 Å². The maximum atomic E-state index is 6.36. The first-order valence-corrected chi connectivity index (χ1v) is 6.98. The maximum absolute atomic E-state index is 6.36. The standard InChI is InChI=1S/C17H21N/c1-13(18)17(11-4-5-12-17)16-10-6-8-14-7-2-3-9-15(14)16/h2-3,6-10,13H,4-5,11-12,18H2,1H3. The fourth-order valence-corrected chi connectivity index (χ4v) is 3.64. The molecule has 2 N–H and O–H groups in total. The molecule has 0 amide bonds. The molecule has 0 radical (unpaired) electrons. The largest absolute Gasteiger partial charge is 0.327 e. The van der Waals surface area contributed by atoms with Crippen molar-refractivity contribution in [1.29, 1.82) is 0 Å². The van der Waals surface area contributed by atoms with Gasteiger partial charge in [-0.05, 0) is 36.1 Å². The Kier molecular flexibility index (Phi) is 2.87. The average molecular weight is 239 g/mol. The van der Waals surface area contributed by atoms with Crippen molar-refractivity contribution in [2.75, 3.05) is 0 Å². The monoisotopic (exact) mass is 239 g/mol. The Bertz CT molecular complexity index is 545. The van der Waals surface area contributed by atoms with Crippen molar-refractivity contribution in [3.63, 3.8) is 0 Å². The lowest BCUT2D eigenvalue weighted by Crippen LogP contribution is -2.41. The van der Waals surface area contributed by atoms with Gasteiger partial charge in [0, 0.05) is 11.5 Å². The SMILES string of the molecule is CC(N)C1(c2cccc3ccccc23)CCCC1. The molecule has 2 aromatic carbocycles. The van der Waals surface area contributed by atoms with Crippen molar-refractivity contribution >= 4 is 10.8 Å². The summed E-state index contributed by atoms with van der Waals surface area (Å²) in [5.41, 5.74) is 8.02. The third-order valence-corrected chi connectivity index (χ3v) is 4.69. The third-order valence-electron chi connectivity index (χ3n) is 4.69. The molecule has 1 saturated carbocycles. The third kappa shape index (κ3) is 1.65. The fourth-order valence-electron chi connectivity index (χ4n) is 3.64. The highest BCUT2D eigenvalue weighted by Crippen LogP contribution is 2.45. The summed E-state index contributed by atoms with van der Waals surface area (Å²) in [5.74, 6) is 0. The van der Waals surface area contributed by atoms with Crippen molar-refractivity contribution in [3.8, 4) is 0 Å². The molecule has 1 heteroatoms. The molecule has 3 rings (SSSR count). The molecule has 0 heterocycles. The quantitative estimate of drug-likeness (QED) is 0.842. The van der Waals surface area contributed by atoms with Gasteiger partial charge in [0.15, 0.2) is 0 Å². The van der Waals surface area contributed by atoms with E-state index >= 15 is 0 Å². The van der Waals surface area contributed by atoms with Crippen LogP contribution in [0.2, 0.25) is 0 Å². The van der Waals surface area contributed by atoms with Gasteiger partial charge < -0.3 is 5.73 Å². The first-order valence-electron chi connectivity index (χ1n) is 6.98. The molecule has 1 aliphatic rings. The molecular weight excluding hydrogens is 218 g/mol. The summed E-state index contributed by atoms with van der Waals surface area (Å²) in [6.07, 6.45) is 5.09. The molecule has 0 aliphatic heterocycles. The Hall–Kier alpha value is -1.34. The zero-order chi connectivity index (χ0) is 12.6. The van der Waals surface area contributed by atoms with E-state index in [2.05, 4.69) is 49.4 Å². The Morgan fingerprint density at radius 2 is 1.67 bits per heavy atom. The minimum absolute atomic E-state index is 0.195. The van der Waals surface area contributed by atoms with Gasteiger partial charge in [0.2, 0.25) is 0 Å². The van der Waals surface area contributed by atoms with Crippen LogP contribution in [-0.2, 0) is 5.41 Å². The number of nitrogens with two attached hydrogens (primary N) is 1. The molecule has 2 aromatic rings. The summed E-state index contributed by atoms with van der Waals surface area (Å²) in [6.45, 7) is 2.17. The minimum atomic E-state index is 0.195. The van der Waals surface area contributed by atoms with Gasteiger partial charge in [-0.3, -0.25) is 0 Å². The molecule has 1 fully saturated rings. The first-order chi connectivity index (χ1) is 8.74. The van der Waals surface area contributed by atoms with Crippen molar-refractivity contribution < 1.29 is 0 Å².